The van der Waals surface area contributed by atoms with Gasteiger partial charge in [0.25, 0.3) is 0 Å². The third-order valence-corrected chi connectivity index (χ3v) is 3.12. The molecular weight excluding hydrogens is 262 g/mol. The molecule has 0 heterocycles. The van der Waals surface area contributed by atoms with E-state index in [2.05, 4.69) is 11.2 Å². The van der Waals surface area contributed by atoms with Crippen molar-refractivity contribution in [2.24, 2.45) is 0 Å². The Kier molecular flexibility index (Phi) is 5.83. The molecule has 1 atom stereocenters. The number of rotatable bonds is 7. The van der Waals surface area contributed by atoms with Crippen molar-refractivity contribution >= 4 is 0 Å². The van der Waals surface area contributed by atoms with Gasteiger partial charge in [0.2, 0.25) is 0 Å². The maximum Gasteiger partial charge on any atom is 0.148 e. The summed E-state index contributed by atoms with van der Waals surface area (Å²) in [5.74, 6) is 3.23. The summed E-state index contributed by atoms with van der Waals surface area (Å²) in [6.45, 7) is 1.35. The average molecular weight is 281 g/mol. The minimum atomic E-state index is -0.523. The van der Waals surface area contributed by atoms with Crippen LogP contribution in [0.25, 0.3) is 0 Å². The summed E-state index contributed by atoms with van der Waals surface area (Å²) in [4.78, 5) is 0. The van der Waals surface area contributed by atoms with E-state index in [0.717, 1.165) is 16.9 Å². The number of terminal acetylenes is 1. The van der Waals surface area contributed by atoms with Crippen LogP contribution in [0.5, 0.6) is 5.75 Å². The SMILES string of the molecule is C#CCOc1ccccc1CNC[C@@H](O)c1ccccc1. The Hall–Kier alpha value is -2.28. The topological polar surface area (TPSA) is 41.5 Å². The molecule has 0 bridgehead atoms. The number of hydrogen-bond acceptors (Lipinski definition) is 3. The smallest absolute Gasteiger partial charge is 0.148 e. The van der Waals surface area contributed by atoms with E-state index in [1.54, 1.807) is 0 Å². The van der Waals surface area contributed by atoms with Crippen LogP contribution in [0, 0.1) is 12.3 Å². The Morgan fingerprint density at radius 1 is 1.10 bits per heavy atom. The molecule has 0 saturated carbocycles. The van der Waals surface area contributed by atoms with Gasteiger partial charge in [0.05, 0.1) is 6.10 Å². The second-order valence-electron chi connectivity index (χ2n) is 4.66. The standard InChI is InChI=1S/C18H19NO2/c1-2-12-21-18-11-7-6-10-16(18)13-19-14-17(20)15-8-4-3-5-9-15/h1,3-11,17,19-20H,12-14H2/t17-/m1/s1. The largest absolute Gasteiger partial charge is 0.481 e. The van der Waals surface area contributed by atoms with Crippen molar-refractivity contribution in [3.05, 3.63) is 65.7 Å². The summed E-state index contributed by atoms with van der Waals surface area (Å²) in [5.41, 5.74) is 1.93. The molecule has 2 rings (SSSR count). The number of para-hydroxylation sites is 1. The minimum absolute atomic E-state index is 0.254. The van der Waals surface area contributed by atoms with Crippen LogP contribution in [-0.4, -0.2) is 18.3 Å². The fourth-order valence-corrected chi connectivity index (χ4v) is 2.05. The highest BCUT2D eigenvalue weighted by atomic mass is 16.5. The van der Waals surface area contributed by atoms with E-state index in [9.17, 15) is 5.11 Å². The van der Waals surface area contributed by atoms with Gasteiger partial charge in [-0.3, -0.25) is 0 Å². The van der Waals surface area contributed by atoms with E-state index >= 15 is 0 Å². The van der Waals surface area contributed by atoms with Crippen LogP contribution < -0.4 is 10.1 Å². The predicted octanol–water partition coefficient (Wildman–Crippen LogP) is 2.52. The molecular formula is C18H19NO2. The van der Waals surface area contributed by atoms with Crippen LogP contribution in [-0.2, 0) is 6.54 Å². The van der Waals surface area contributed by atoms with E-state index in [4.69, 9.17) is 11.2 Å². The molecule has 2 aromatic rings. The lowest BCUT2D eigenvalue weighted by Gasteiger charge is -2.14. The molecule has 0 aliphatic rings. The Labute approximate surface area is 125 Å². The summed E-state index contributed by atoms with van der Waals surface area (Å²) >= 11 is 0. The van der Waals surface area contributed by atoms with Crippen LogP contribution in [0.2, 0.25) is 0 Å². The number of aliphatic hydroxyl groups excluding tert-OH is 1. The molecule has 2 aromatic carbocycles. The Morgan fingerprint density at radius 3 is 2.57 bits per heavy atom. The van der Waals surface area contributed by atoms with Gasteiger partial charge in [-0.1, -0.05) is 54.5 Å². The Morgan fingerprint density at radius 2 is 1.81 bits per heavy atom. The highest BCUT2D eigenvalue weighted by molar-refractivity contribution is 5.33. The van der Waals surface area contributed by atoms with E-state index in [1.807, 2.05) is 54.6 Å². The lowest BCUT2D eigenvalue weighted by molar-refractivity contribution is 0.174. The maximum absolute atomic E-state index is 10.1. The van der Waals surface area contributed by atoms with Crippen LogP contribution in [0.4, 0.5) is 0 Å². The second kappa shape index (κ2) is 8.11. The third kappa shape index (κ3) is 4.64. The van der Waals surface area contributed by atoms with E-state index in [-0.39, 0.29) is 6.61 Å². The second-order valence-corrected chi connectivity index (χ2v) is 4.66. The van der Waals surface area contributed by atoms with Crippen LogP contribution >= 0.6 is 0 Å². The first kappa shape index (κ1) is 15.1. The van der Waals surface area contributed by atoms with Gasteiger partial charge in [-0.2, -0.15) is 0 Å². The highest BCUT2D eigenvalue weighted by Gasteiger charge is 2.07. The lowest BCUT2D eigenvalue weighted by atomic mass is 10.1. The molecule has 0 saturated heterocycles. The Bertz CT molecular complexity index is 590. The Balaban J connectivity index is 1.87. The van der Waals surface area contributed by atoms with Gasteiger partial charge in [0.15, 0.2) is 0 Å². The van der Waals surface area contributed by atoms with Gasteiger partial charge >= 0.3 is 0 Å². The van der Waals surface area contributed by atoms with E-state index < -0.39 is 6.10 Å². The maximum atomic E-state index is 10.1. The van der Waals surface area contributed by atoms with Gasteiger partial charge in [-0.15, -0.1) is 6.42 Å². The van der Waals surface area contributed by atoms with E-state index in [0.29, 0.717) is 13.1 Å². The van der Waals surface area contributed by atoms with Gasteiger partial charge in [0, 0.05) is 18.7 Å². The molecule has 0 fully saturated rings. The monoisotopic (exact) mass is 281 g/mol. The summed E-state index contributed by atoms with van der Waals surface area (Å²) < 4.78 is 5.49. The molecule has 0 spiro atoms. The molecule has 108 valence electrons. The van der Waals surface area contributed by atoms with Crippen molar-refractivity contribution in [3.63, 3.8) is 0 Å². The van der Waals surface area contributed by atoms with Gasteiger partial charge in [-0.25, -0.2) is 0 Å². The number of ether oxygens (including phenoxy) is 1. The fraction of sp³-hybridized carbons (Fsp3) is 0.222. The quantitative estimate of drug-likeness (QED) is 0.766. The first-order valence-electron chi connectivity index (χ1n) is 6.89. The summed E-state index contributed by atoms with van der Waals surface area (Å²) in [6.07, 6.45) is 4.68. The lowest BCUT2D eigenvalue weighted by Crippen LogP contribution is -2.21. The molecule has 0 aliphatic carbocycles. The zero-order valence-electron chi connectivity index (χ0n) is 11.8. The molecule has 0 aromatic heterocycles. The average Bonchev–Trinajstić information content (AvgIpc) is 2.54. The molecule has 0 unspecified atom stereocenters. The first-order chi connectivity index (χ1) is 10.3. The number of nitrogens with one attached hydrogen (secondary N) is 1. The van der Waals surface area contributed by atoms with Gasteiger partial charge < -0.3 is 15.2 Å². The van der Waals surface area contributed by atoms with Crippen LogP contribution in [0.1, 0.15) is 17.2 Å². The third-order valence-electron chi connectivity index (χ3n) is 3.12. The van der Waals surface area contributed by atoms with Gasteiger partial charge in [-0.05, 0) is 11.6 Å². The molecule has 2 N–H and O–H groups in total. The van der Waals surface area contributed by atoms with Crippen molar-refractivity contribution in [3.8, 4) is 18.1 Å². The fourth-order valence-electron chi connectivity index (χ4n) is 2.05. The van der Waals surface area contributed by atoms with Crippen molar-refractivity contribution in [1.29, 1.82) is 0 Å². The minimum Gasteiger partial charge on any atom is -0.481 e. The van der Waals surface area contributed by atoms with Crippen LogP contribution in [0.15, 0.2) is 54.6 Å². The number of benzene rings is 2. The zero-order chi connectivity index (χ0) is 14.9. The van der Waals surface area contributed by atoms with Crippen molar-refractivity contribution < 1.29 is 9.84 Å². The summed E-state index contributed by atoms with van der Waals surface area (Å²) in [5, 5.41) is 13.3. The molecule has 21 heavy (non-hydrogen) atoms. The highest BCUT2D eigenvalue weighted by Crippen LogP contribution is 2.18. The first-order valence-corrected chi connectivity index (χ1v) is 6.89. The molecule has 3 heteroatoms. The molecule has 0 aliphatic heterocycles. The predicted molar refractivity (Wildman–Crippen MR) is 83.9 cm³/mol. The summed E-state index contributed by atoms with van der Waals surface area (Å²) in [6, 6.07) is 17.3. The molecule has 0 amide bonds. The van der Waals surface area contributed by atoms with Crippen molar-refractivity contribution in [1.82, 2.24) is 5.32 Å². The van der Waals surface area contributed by atoms with Crippen molar-refractivity contribution in [2.45, 2.75) is 12.6 Å². The van der Waals surface area contributed by atoms with E-state index in [1.165, 1.54) is 0 Å². The summed E-state index contributed by atoms with van der Waals surface area (Å²) in [7, 11) is 0. The molecule has 0 radical (unpaired) electrons. The normalized spacial score (nSPS) is 11.6. The van der Waals surface area contributed by atoms with Crippen LogP contribution in [0.3, 0.4) is 0 Å². The van der Waals surface area contributed by atoms with Gasteiger partial charge in [0.1, 0.15) is 12.4 Å². The van der Waals surface area contributed by atoms with Crippen molar-refractivity contribution in [2.75, 3.05) is 13.2 Å². The molecule has 3 nitrogen and oxygen atoms in total. The number of aliphatic hydroxyl groups is 1. The number of hydrogen-bond donors (Lipinski definition) is 2. The zero-order valence-corrected chi connectivity index (χ0v) is 11.8.